The van der Waals surface area contributed by atoms with Crippen LogP contribution >= 0.6 is 0 Å². The Bertz CT molecular complexity index is 882. The number of aryl methyl sites for hydroxylation is 1. The molecule has 0 aliphatic rings. The molecule has 0 aliphatic carbocycles. The van der Waals surface area contributed by atoms with Gasteiger partial charge in [0.2, 0.25) is 0 Å². The Morgan fingerprint density at radius 3 is 2.00 bits per heavy atom. The highest BCUT2D eigenvalue weighted by atomic mass is 19.1. The van der Waals surface area contributed by atoms with E-state index < -0.39 is 6.17 Å². The summed E-state index contributed by atoms with van der Waals surface area (Å²) in [5.74, 6) is 0.743. The second-order valence-corrected chi connectivity index (χ2v) is 7.56. The third-order valence-corrected chi connectivity index (χ3v) is 5.08. The molecule has 1 aromatic heterocycles. The van der Waals surface area contributed by atoms with E-state index in [0.29, 0.717) is 6.42 Å². The van der Waals surface area contributed by atoms with Gasteiger partial charge in [0.05, 0.1) is 6.17 Å². The molecule has 29 heavy (non-hydrogen) atoms. The zero-order chi connectivity index (χ0) is 20.5. The summed E-state index contributed by atoms with van der Waals surface area (Å²) in [5.41, 5.74) is 5.80. The topological polar surface area (TPSA) is 25.8 Å². The van der Waals surface area contributed by atoms with Crippen molar-refractivity contribution in [1.29, 1.82) is 0 Å². The van der Waals surface area contributed by atoms with Gasteiger partial charge >= 0.3 is 0 Å². The maximum atomic E-state index is 12.8. The van der Waals surface area contributed by atoms with Crippen molar-refractivity contribution in [3.63, 3.8) is 0 Å². The van der Waals surface area contributed by atoms with Crippen molar-refractivity contribution in [2.24, 2.45) is 0 Å². The SMILES string of the molecule is C=CCc1ccc(-c2ccc(-c3ncc(CCCCCC(C)F)cn3)cc2)cc1. The highest BCUT2D eigenvalue weighted by Gasteiger charge is 2.04. The van der Waals surface area contributed by atoms with Gasteiger partial charge in [0, 0.05) is 18.0 Å². The lowest BCUT2D eigenvalue weighted by atomic mass is 10.0. The molecule has 3 heteroatoms. The summed E-state index contributed by atoms with van der Waals surface area (Å²) in [7, 11) is 0. The summed E-state index contributed by atoms with van der Waals surface area (Å²) in [4.78, 5) is 9.06. The van der Waals surface area contributed by atoms with Gasteiger partial charge in [-0.05, 0) is 54.9 Å². The van der Waals surface area contributed by atoms with Crippen LogP contribution in [0.1, 0.15) is 43.7 Å². The fourth-order valence-electron chi connectivity index (χ4n) is 3.38. The van der Waals surface area contributed by atoms with E-state index in [4.69, 9.17) is 0 Å². The predicted molar refractivity (Wildman–Crippen MR) is 120 cm³/mol. The van der Waals surface area contributed by atoms with Crippen molar-refractivity contribution in [1.82, 2.24) is 9.97 Å². The Morgan fingerprint density at radius 1 is 0.828 bits per heavy atom. The number of allylic oxidation sites excluding steroid dienone is 1. The number of hydrogen-bond acceptors (Lipinski definition) is 2. The number of alkyl halides is 1. The van der Waals surface area contributed by atoms with Crippen LogP contribution in [0, 0.1) is 0 Å². The minimum Gasteiger partial charge on any atom is -0.248 e. The Hall–Kier alpha value is -2.81. The number of rotatable bonds is 10. The van der Waals surface area contributed by atoms with Crippen LogP contribution in [-0.4, -0.2) is 16.1 Å². The molecule has 0 spiro atoms. The van der Waals surface area contributed by atoms with Crippen molar-refractivity contribution < 1.29 is 4.39 Å². The van der Waals surface area contributed by atoms with E-state index >= 15 is 0 Å². The van der Waals surface area contributed by atoms with E-state index in [-0.39, 0.29) is 0 Å². The number of hydrogen-bond donors (Lipinski definition) is 0. The summed E-state index contributed by atoms with van der Waals surface area (Å²) >= 11 is 0. The molecule has 0 N–H and O–H groups in total. The van der Waals surface area contributed by atoms with E-state index in [1.165, 1.54) is 16.7 Å². The lowest BCUT2D eigenvalue weighted by Gasteiger charge is -2.06. The second kappa shape index (κ2) is 10.7. The number of aromatic nitrogens is 2. The number of benzene rings is 2. The van der Waals surface area contributed by atoms with Crippen LogP contribution < -0.4 is 0 Å². The highest BCUT2D eigenvalue weighted by molar-refractivity contribution is 5.67. The summed E-state index contributed by atoms with van der Waals surface area (Å²) in [6.45, 7) is 5.41. The number of nitrogens with zero attached hydrogens (tertiary/aromatic N) is 2. The zero-order valence-electron chi connectivity index (χ0n) is 17.2. The minimum atomic E-state index is -0.694. The molecule has 0 fully saturated rings. The standard InChI is InChI=1S/C26H29FN2/c1-3-7-21-10-12-23(13-11-21)24-14-16-25(17-15-24)26-28-18-22(19-29-26)9-6-4-5-8-20(2)27/h3,10-20H,1,4-9H2,2H3. The Kier molecular flexibility index (Phi) is 7.69. The summed E-state index contributed by atoms with van der Waals surface area (Å²) in [6.07, 6.45) is 10.6. The van der Waals surface area contributed by atoms with Gasteiger partial charge in [-0.25, -0.2) is 14.4 Å². The molecule has 2 nitrogen and oxygen atoms in total. The summed E-state index contributed by atoms with van der Waals surface area (Å²) in [5, 5.41) is 0. The average Bonchev–Trinajstić information content (AvgIpc) is 2.75. The van der Waals surface area contributed by atoms with E-state index in [9.17, 15) is 4.39 Å². The maximum absolute atomic E-state index is 12.8. The maximum Gasteiger partial charge on any atom is 0.159 e. The Balaban J connectivity index is 1.57. The summed E-state index contributed by atoms with van der Waals surface area (Å²) in [6, 6.07) is 16.9. The van der Waals surface area contributed by atoms with E-state index in [2.05, 4.69) is 65.1 Å². The van der Waals surface area contributed by atoms with Crippen LogP contribution in [0.2, 0.25) is 0 Å². The van der Waals surface area contributed by atoms with Gasteiger partial charge in [0.1, 0.15) is 0 Å². The van der Waals surface area contributed by atoms with Crippen molar-refractivity contribution in [2.45, 2.75) is 51.6 Å². The normalized spacial score (nSPS) is 11.9. The van der Waals surface area contributed by atoms with E-state index in [0.717, 1.165) is 49.1 Å². The lowest BCUT2D eigenvalue weighted by molar-refractivity contribution is 0.330. The van der Waals surface area contributed by atoms with Gasteiger partial charge in [-0.1, -0.05) is 67.4 Å². The highest BCUT2D eigenvalue weighted by Crippen LogP contribution is 2.23. The Morgan fingerprint density at radius 2 is 1.41 bits per heavy atom. The van der Waals surface area contributed by atoms with Crippen LogP contribution in [0.15, 0.2) is 73.6 Å². The second-order valence-electron chi connectivity index (χ2n) is 7.56. The van der Waals surface area contributed by atoms with Gasteiger partial charge < -0.3 is 0 Å². The fraction of sp³-hybridized carbons (Fsp3) is 0.308. The predicted octanol–water partition coefficient (Wildman–Crippen LogP) is 7.00. The minimum absolute atomic E-state index is 0.657. The number of halogens is 1. The molecular formula is C26H29FN2. The fourth-order valence-corrected chi connectivity index (χ4v) is 3.38. The molecular weight excluding hydrogens is 359 g/mol. The molecule has 0 saturated carbocycles. The molecule has 0 bridgehead atoms. The van der Waals surface area contributed by atoms with Gasteiger partial charge in [-0.15, -0.1) is 6.58 Å². The van der Waals surface area contributed by atoms with Crippen LogP contribution in [0.5, 0.6) is 0 Å². The average molecular weight is 389 g/mol. The first-order valence-electron chi connectivity index (χ1n) is 10.4. The number of unbranched alkanes of at least 4 members (excludes halogenated alkanes) is 2. The first kappa shape index (κ1) is 20.9. The smallest absolute Gasteiger partial charge is 0.159 e. The van der Waals surface area contributed by atoms with Crippen LogP contribution in [0.4, 0.5) is 4.39 Å². The lowest BCUT2D eigenvalue weighted by Crippen LogP contribution is -1.95. The monoisotopic (exact) mass is 388 g/mol. The van der Waals surface area contributed by atoms with Gasteiger partial charge in [0.15, 0.2) is 5.82 Å². The molecule has 2 aromatic carbocycles. The Labute approximate surface area is 173 Å². The largest absolute Gasteiger partial charge is 0.248 e. The van der Waals surface area contributed by atoms with Crippen molar-refractivity contribution in [2.75, 3.05) is 0 Å². The van der Waals surface area contributed by atoms with Gasteiger partial charge in [-0.3, -0.25) is 0 Å². The third kappa shape index (κ3) is 6.35. The molecule has 3 rings (SSSR count). The molecule has 0 saturated heterocycles. The van der Waals surface area contributed by atoms with E-state index in [1.807, 2.05) is 18.5 Å². The van der Waals surface area contributed by atoms with Crippen LogP contribution in [-0.2, 0) is 12.8 Å². The summed E-state index contributed by atoms with van der Waals surface area (Å²) < 4.78 is 12.8. The van der Waals surface area contributed by atoms with Crippen LogP contribution in [0.3, 0.4) is 0 Å². The first-order chi connectivity index (χ1) is 14.2. The van der Waals surface area contributed by atoms with Crippen LogP contribution in [0.25, 0.3) is 22.5 Å². The van der Waals surface area contributed by atoms with Crippen molar-refractivity contribution >= 4 is 0 Å². The van der Waals surface area contributed by atoms with E-state index in [1.54, 1.807) is 6.92 Å². The molecule has 1 unspecified atom stereocenters. The molecule has 0 amide bonds. The molecule has 3 aromatic rings. The third-order valence-electron chi connectivity index (χ3n) is 5.08. The molecule has 1 atom stereocenters. The van der Waals surface area contributed by atoms with Gasteiger partial charge in [-0.2, -0.15) is 0 Å². The van der Waals surface area contributed by atoms with Crippen molar-refractivity contribution in [3.8, 4) is 22.5 Å². The quantitative estimate of drug-likeness (QED) is 0.276. The zero-order valence-corrected chi connectivity index (χ0v) is 17.2. The first-order valence-corrected chi connectivity index (χ1v) is 10.4. The molecule has 0 radical (unpaired) electrons. The molecule has 150 valence electrons. The molecule has 0 aliphatic heterocycles. The molecule has 1 heterocycles. The van der Waals surface area contributed by atoms with Crippen molar-refractivity contribution in [3.05, 3.63) is 84.7 Å². The van der Waals surface area contributed by atoms with Gasteiger partial charge in [0.25, 0.3) is 0 Å².